The first kappa shape index (κ1) is 16.0. The predicted octanol–water partition coefficient (Wildman–Crippen LogP) is 3.40. The number of carbonyl (C=O) groups excluding carboxylic acids is 1. The van der Waals surface area contributed by atoms with Crippen LogP contribution in [0.2, 0.25) is 0 Å². The number of nitrogens with one attached hydrogen (secondary N) is 2. The minimum absolute atomic E-state index is 0.0472. The van der Waals surface area contributed by atoms with Crippen molar-refractivity contribution in [2.24, 2.45) is 0 Å². The van der Waals surface area contributed by atoms with E-state index in [1.165, 1.54) is 6.07 Å². The maximum atomic E-state index is 12.6. The Morgan fingerprint density at radius 3 is 2.47 bits per heavy atom. The average molecular weight is 339 g/mol. The van der Waals surface area contributed by atoms with Crippen molar-refractivity contribution in [2.75, 3.05) is 11.9 Å². The summed E-state index contributed by atoms with van der Waals surface area (Å²) in [7, 11) is 0. The molecule has 3 nitrogen and oxygen atoms in total. The van der Waals surface area contributed by atoms with Gasteiger partial charge in [0.2, 0.25) is 5.91 Å². The molecule has 1 amide bonds. The third kappa shape index (κ3) is 5.61. The monoisotopic (exact) mass is 338 g/mol. The van der Waals surface area contributed by atoms with Crippen molar-refractivity contribution >= 4 is 27.5 Å². The minimum atomic E-state index is -4.44. The van der Waals surface area contributed by atoms with Crippen LogP contribution in [0.25, 0.3) is 0 Å². The Labute approximate surface area is 117 Å². The molecule has 0 aliphatic heterocycles. The van der Waals surface area contributed by atoms with Crippen molar-refractivity contribution in [3.8, 4) is 0 Å². The van der Waals surface area contributed by atoms with Crippen molar-refractivity contribution in [3.63, 3.8) is 0 Å². The van der Waals surface area contributed by atoms with Crippen LogP contribution in [0.3, 0.4) is 0 Å². The summed E-state index contributed by atoms with van der Waals surface area (Å²) < 4.78 is 38.0. The highest BCUT2D eigenvalue weighted by Crippen LogP contribution is 2.33. The van der Waals surface area contributed by atoms with Crippen molar-refractivity contribution < 1.29 is 18.0 Å². The van der Waals surface area contributed by atoms with E-state index < -0.39 is 11.7 Å². The second kappa shape index (κ2) is 6.38. The molecular formula is C12H14BrF3N2O. The van der Waals surface area contributed by atoms with Crippen LogP contribution in [-0.4, -0.2) is 18.5 Å². The number of halogens is 4. The number of rotatable bonds is 4. The van der Waals surface area contributed by atoms with Gasteiger partial charge < -0.3 is 10.6 Å². The Hall–Kier alpha value is -1.08. The van der Waals surface area contributed by atoms with Crippen molar-refractivity contribution in [1.29, 1.82) is 0 Å². The zero-order valence-corrected chi connectivity index (χ0v) is 12.0. The van der Waals surface area contributed by atoms with Crippen molar-refractivity contribution in [3.05, 3.63) is 28.2 Å². The molecule has 0 aliphatic carbocycles. The minimum Gasteiger partial charge on any atom is -0.325 e. The Bertz CT molecular complexity index is 461. The molecule has 0 heterocycles. The van der Waals surface area contributed by atoms with Gasteiger partial charge in [-0.1, -0.05) is 29.8 Å². The highest BCUT2D eigenvalue weighted by atomic mass is 79.9. The van der Waals surface area contributed by atoms with E-state index in [0.717, 1.165) is 12.1 Å². The van der Waals surface area contributed by atoms with Gasteiger partial charge >= 0.3 is 6.18 Å². The van der Waals surface area contributed by atoms with Gasteiger partial charge in [0.15, 0.2) is 0 Å². The van der Waals surface area contributed by atoms with Crippen LogP contribution in [0.1, 0.15) is 19.4 Å². The van der Waals surface area contributed by atoms with E-state index in [2.05, 4.69) is 26.6 Å². The molecule has 0 atom stereocenters. The van der Waals surface area contributed by atoms with Crippen LogP contribution in [0.5, 0.6) is 0 Å². The van der Waals surface area contributed by atoms with Gasteiger partial charge in [-0.3, -0.25) is 4.79 Å². The molecule has 0 fully saturated rings. The third-order valence-corrected chi connectivity index (χ3v) is 2.64. The zero-order valence-electron chi connectivity index (χ0n) is 10.4. The first-order valence-corrected chi connectivity index (χ1v) is 6.39. The molecule has 19 heavy (non-hydrogen) atoms. The lowest BCUT2D eigenvalue weighted by Gasteiger charge is -2.12. The first-order valence-electron chi connectivity index (χ1n) is 5.59. The summed E-state index contributed by atoms with van der Waals surface area (Å²) >= 11 is 2.99. The highest BCUT2D eigenvalue weighted by molar-refractivity contribution is 9.10. The van der Waals surface area contributed by atoms with Gasteiger partial charge in [0.05, 0.1) is 12.1 Å². The summed E-state index contributed by atoms with van der Waals surface area (Å²) in [6, 6.07) is 3.40. The molecule has 106 valence electrons. The molecule has 0 saturated carbocycles. The molecule has 0 aliphatic rings. The number of hydrogen-bond acceptors (Lipinski definition) is 2. The van der Waals surface area contributed by atoms with E-state index in [-0.39, 0.29) is 28.7 Å². The molecule has 0 bridgehead atoms. The predicted molar refractivity (Wildman–Crippen MR) is 70.9 cm³/mol. The van der Waals surface area contributed by atoms with E-state index in [9.17, 15) is 18.0 Å². The molecular weight excluding hydrogens is 325 g/mol. The summed E-state index contributed by atoms with van der Waals surface area (Å²) in [4.78, 5) is 11.5. The van der Waals surface area contributed by atoms with E-state index in [1.54, 1.807) is 0 Å². The van der Waals surface area contributed by atoms with Gasteiger partial charge in [-0.25, -0.2) is 0 Å². The smallest absolute Gasteiger partial charge is 0.325 e. The quantitative estimate of drug-likeness (QED) is 0.883. The van der Waals surface area contributed by atoms with Crippen LogP contribution < -0.4 is 10.6 Å². The number of benzene rings is 1. The number of alkyl halides is 3. The van der Waals surface area contributed by atoms with E-state index in [1.807, 2.05) is 13.8 Å². The van der Waals surface area contributed by atoms with E-state index >= 15 is 0 Å². The number of carbonyl (C=O) groups is 1. The van der Waals surface area contributed by atoms with Crippen molar-refractivity contribution in [1.82, 2.24) is 5.32 Å². The molecule has 7 heteroatoms. The standard InChI is InChI=1S/C12H14BrF3N2O/c1-7(2)17-6-11(19)18-10-4-8(12(14,15)16)3-9(13)5-10/h3-5,7,17H,6H2,1-2H3,(H,18,19). The Morgan fingerprint density at radius 1 is 1.32 bits per heavy atom. The van der Waals surface area contributed by atoms with Crippen LogP contribution in [-0.2, 0) is 11.0 Å². The highest BCUT2D eigenvalue weighted by Gasteiger charge is 2.31. The van der Waals surface area contributed by atoms with Gasteiger partial charge in [-0.2, -0.15) is 13.2 Å². The summed E-state index contributed by atoms with van der Waals surface area (Å²) in [6.45, 7) is 3.79. The Morgan fingerprint density at radius 2 is 1.95 bits per heavy atom. The first-order chi connectivity index (χ1) is 8.68. The van der Waals surface area contributed by atoms with Crippen molar-refractivity contribution in [2.45, 2.75) is 26.1 Å². The molecule has 0 unspecified atom stereocenters. The molecule has 0 radical (unpaired) electrons. The normalized spacial score (nSPS) is 11.7. The fraction of sp³-hybridized carbons (Fsp3) is 0.417. The Kier molecular flexibility index (Phi) is 5.37. The molecule has 1 aromatic carbocycles. The summed E-state index contributed by atoms with van der Waals surface area (Å²) in [6.07, 6.45) is -4.44. The van der Waals surface area contributed by atoms with Gasteiger partial charge in [0, 0.05) is 16.2 Å². The molecule has 0 spiro atoms. The molecule has 1 aromatic rings. The number of amides is 1. The molecule has 0 aromatic heterocycles. The Balaban J connectivity index is 2.79. The van der Waals surface area contributed by atoms with Crippen LogP contribution >= 0.6 is 15.9 Å². The van der Waals surface area contributed by atoms with Gasteiger partial charge in [0.25, 0.3) is 0 Å². The SMILES string of the molecule is CC(C)NCC(=O)Nc1cc(Br)cc(C(F)(F)F)c1. The lowest BCUT2D eigenvalue weighted by molar-refractivity contribution is -0.137. The maximum absolute atomic E-state index is 12.6. The summed E-state index contributed by atoms with van der Waals surface area (Å²) in [5.41, 5.74) is -0.703. The topological polar surface area (TPSA) is 41.1 Å². The number of hydrogen-bond donors (Lipinski definition) is 2. The average Bonchev–Trinajstić information content (AvgIpc) is 2.24. The number of anilines is 1. The zero-order chi connectivity index (χ0) is 14.6. The van der Waals surface area contributed by atoms with Gasteiger partial charge in [0.1, 0.15) is 0 Å². The molecule has 2 N–H and O–H groups in total. The molecule has 1 rings (SSSR count). The second-order valence-corrected chi connectivity index (χ2v) is 5.23. The maximum Gasteiger partial charge on any atom is 0.416 e. The third-order valence-electron chi connectivity index (χ3n) is 2.18. The fourth-order valence-corrected chi connectivity index (χ4v) is 1.82. The lowest BCUT2D eigenvalue weighted by atomic mass is 10.2. The summed E-state index contributed by atoms with van der Waals surface area (Å²) in [5.74, 6) is -0.389. The fourth-order valence-electron chi connectivity index (χ4n) is 1.33. The van der Waals surface area contributed by atoms with Gasteiger partial charge in [-0.05, 0) is 18.2 Å². The second-order valence-electron chi connectivity index (χ2n) is 4.31. The van der Waals surface area contributed by atoms with Crippen LogP contribution in [0, 0.1) is 0 Å². The summed E-state index contributed by atoms with van der Waals surface area (Å²) in [5, 5.41) is 5.30. The van der Waals surface area contributed by atoms with E-state index in [0.29, 0.717) is 0 Å². The van der Waals surface area contributed by atoms with Gasteiger partial charge in [-0.15, -0.1) is 0 Å². The van der Waals surface area contributed by atoms with E-state index in [4.69, 9.17) is 0 Å². The molecule has 0 saturated heterocycles. The largest absolute Gasteiger partial charge is 0.416 e. The lowest BCUT2D eigenvalue weighted by Crippen LogP contribution is -2.32. The van der Waals surface area contributed by atoms with Crippen LogP contribution in [0.15, 0.2) is 22.7 Å². The van der Waals surface area contributed by atoms with Crippen LogP contribution in [0.4, 0.5) is 18.9 Å².